The van der Waals surface area contributed by atoms with Gasteiger partial charge in [0.1, 0.15) is 0 Å². The molecular weight excluding hydrogens is 122 g/mol. The van der Waals surface area contributed by atoms with Crippen LogP contribution in [-0.2, 0) is 17.1 Å². The van der Waals surface area contributed by atoms with Crippen molar-refractivity contribution in [3.05, 3.63) is 0 Å². The topological polar surface area (TPSA) is 69.2 Å². The van der Waals surface area contributed by atoms with E-state index < -0.39 is 7.32 Å². The van der Waals surface area contributed by atoms with Gasteiger partial charge in [-0.2, -0.15) is 0 Å². The van der Waals surface area contributed by atoms with Crippen molar-refractivity contribution in [2.75, 3.05) is 0 Å². The molecule has 0 heterocycles. The number of hydrogen-bond acceptors (Lipinski definition) is 3. The third-order valence-corrected chi connectivity index (χ3v) is 0. The molecule has 0 spiro atoms. The Balaban J connectivity index is -0.0000000450. The Morgan fingerprint density at radius 1 is 1.00 bits per heavy atom. The van der Waals surface area contributed by atoms with Crippen LogP contribution in [0.15, 0.2) is 0 Å². The molecule has 0 bridgehead atoms. The third kappa shape index (κ3) is 74.1. The van der Waals surface area contributed by atoms with Crippen molar-refractivity contribution >= 4 is 7.32 Å². The molecule has 0 unspecified atom stereocenters. The summed E-state index contributed by atoms with van der Waals surface area (Å²) in [5.74, 6) is 0. The van der Waals surface area contributed by atoms with E-state index in [1.54, 1.807) is 0 Å². The van der Waals surface area contributed by atoms with E-state index in [2.05, 4.69) is 0 Å². The van der Waals surface area contributed by atoms with Gasteiger partial charge in [-0.15, -0.1) is 0 Å². The molecule has 6 heavy (non-hydrogen) atoms. The zero-order valence-corrected chi connectivity index (χ0v) is 4.26. The van der Waals surface area contributed by atoms with Crippen molar-refractivity contribution in [1.29, 1.82) is 0 Å². The van der Waals surface area contributed by atoms with Crippen LogP contribution in [0.1, 0.15) is 0 Å². The molecule has 0 aliphatic carbocycles. The minimum absolute atomic E-state index is 0. The molecule has 0 aromatic heterocycles. The van der Waals surface area contributed by atoms with Crippen molar-refractivity contribution in [2.24, 2.45) is 0 Å². The largest absolute Gasteiger partial charge is 2.00 e. The normalized spacial score (nSPS) is 4.50. The summed E-state index contributed by atoms with van der Waals surface area (Å²) in [6.45, 7) is 0. The minimum Gasteiger partial charge on any atom is -0.907 e. The van der Waals surface area contributed by atoms with Crippen molar-refractivity contribution in [1.82, 2.24) is 0 Å². The fraction of sp³-hybridized carbons (Fsp3) is 0. The SMILES string of the molecule is [Fe+2].[Li+].[O-]B([O-])[O-]. The fourth-order valence-electron chi connectivity index (χ4n) is 0. The van der Waals surface area contributed by atoms with Gasteiger partial charge >= 0.3 is 35.9 Å². The smallest absolute Gasteiger partial charge is 0.907 e. The summed E-state index contributed by atoms with van der Waals surface area (Å²) >= 11 is 0. The molecule has 0 aromatic carbocycles. The summed E-state index contributed by atoms with van der Waals surface area (Å²) in [6.07, 6.45) is 0. The third-order valence-electron chi connectivity index (χ3n) is 0. The predicted octanol–water partition coefficient (Wildman–Crippen LogP) is -6.95. The summed E-state index contributed by atoms with van der Waals surface area (Å²) in [5.41, 5.74) is 0. The van der Waals surface area contributed by atoms with Crippen molar-refractivity contribution < 1.29 is 51.0 Å². The molecule has 0 saturated carbocycles. The molecular formula is BFeLiO3. The average molecular weight is 122 g/mol. The Kier molecular flexibility index (Phi) is 24.7. The second-order valence-corrected chi connectivity index (χ2v) is 0.289. The standard InChI is InChI=1S/BO3.Fe.Li/c2-1(3)4;;/q-3;+2;+1. The number of rotatable bonds is 0. The molecule has 3 nitrogen and oxygen atoms in total. The maximum Gasteiger partial charge on any atom is 2.00 e. The maximum atomic E-state index is 8.42. The summed E-state index contributed by atoms with van der Waals surface area (Å²) in [5, 5.41) is 25.2. The van der Waals surface area contributed by atoms with Crippen LogP contribution in [-0.4, -0.2) is 7.32 Å². The molecule has 0 saturated heterocycles. The molecule has 0 amide bonds. The summed E-state index contributed by atoms with van der Waals surface area (Å²) < 4.78 is 0. The van der Waals surface area contributed by atoms with Gasteiger partial charge in [-0.3, -0.25) is 7.32 Å². The number of hydrogen-bond donors (Lipinski definition) is 0. The molecule has 0 aliphatic rings. The first-order valence-electron chi connectivity index (χ1n) is 0.707. The van der Waals surface area contributed by atoms with Gasteiger partial charge in [0.15, 0.2) is 0 Å². The van der Waals surface area contributed by atoms with Gasteiger partial charge in [0.25, 0.3) is 0 Å². The first kappa shape index (κ1) is 15.7. The zero-order chi connectivity index (χ0) is 3.58. The molecule has 0 atom stereocenters. The van der Waals surface area contributed by atoms with E-state index in [1.165, 1.54) is 0 Å². The van der Waals surface area contributed by atoms with Crippen LogP contribution in [0.25, 0.3) is 0 Å². The monoisotopic (exact) mass is 122 g/mol. The van der Waals surface area contributed by atoms with Gasteiger partial charge in [0, 0.05) is 0 Å². The molecule has 0 aromatic rings. The summed E-state index contributed by atoms with van der Waals surface area (Å²) in [7, 11) is -2.92. The van der Waals surface area contributed by atoms with E-state index in [9.17, 15) is 0 Å². The van der Waals surface area contributed by atoms with Gasteiger partial charge in [-0.25, -0.2) is 0 Å². The van der Waals surface area contributed by atoms with Crippen LogP contribution in [0.5, 0.6) is 0 Å². The zero-order valence-electron chi connectivity index (χ0n) is 3.16. The van der Waals surface area contributed by atoms with Gasteiger partial charge in [0.05, 0.1) is 0 Å². The second-order valence-electron chi connectivity index (χ2n) is 0.289. The molecule has 6 heteroatoms. The van der Waals surface area contributed by atoms with Crippen molar-refractivity contribution in [3.63, 3.8) is 0 Å². The Morgan fingerprint density at radius 3 is 1.00 bits per heavy atom. The molecule has 0 radical (unpaired) electrons. The van der Waals surface area contributed by atoms with Crippen LogP contribution in [0.3, 0.4) is 0 Å². The van der Waals surface area contributed by atoms with Crippen LogP contribution in [0.2, 0.25) is 0 Å². The van der Waals surface area contributed by atoms with Gasteiger partial charge in [0.2, 0.25) is 0 Å². The summed E-state index contributed by atoms with van der Waals surface area (Å²) in [4.78, 5) is 0. The minimum atomic E-state index is -2.92. The predicted molar refractivity (Wildman–Crippen MR) is 5.75 cm³/mol. The van der Waals surface area contributed by atoms with E-state index in [0.29, 0.717) is 0 Å². The molecule has 0 N–H and O–H groups in total. The Morgan fingerprint density at radius 2 is 1.00 bits per heavy atom. The second kappa shape index (κ2) is 9.41. The Hall–Kier alpha value is 1.06. The fourth-order valence-corrected chi connectivity index (χ4v) is 0. The van der Waals surface area contributed by atoms with E-state index in [1.807, 2.05) is 0 Å². The van der Waals surface area contributed by atoms with Gasteiger partial charge in [-0.05, 0) is 0 Å². The first-order valence-corrected chi connectivity index (χ1v) is 0.707. The molecule has 0 aliphatic heterocycles. The van der Waals surface area contributed by atoms with Crippen LogP contribution in [0.4, 0.5) is 0 Å². The van der Waals surface area contributed by atoms with E-state index in [4.69, 9.17) is 15.1 Å². The van der Waals surface area contributed by atoms with E-state index >= 15 is 0 Å². The van der Waals surface area contributed by atoms with Crippen LogP contribution in [0, 0.1) is 0 Å². The first-order chi connectivity index (χ1) is 1.73. The van der Waals surface area contributed by atoms with E-state index in [-0.39, 0.29) is 35.9 Å². The van der Waals surface area contributed by atoms with Crippen molar-refractivity contribution in [3.8, 4) is 0 Å². The van der Waals surface area contributed by atoms with Crippen LogP contribution >= 0.6 is 0 Å². The van der Waals surface area contributed by atoms with Crippen molar-refractivity contribution in [2.45, 2.75) is 0 Å². The van der Waals surface area contributed by atoms with Gasteiger partial charge < -0.3 is 15.1 Å². The Bertz CT molecular complexity index is 15.5. The van der Waals surface area contributed by atoms with Crippen LogP contribution < -0.4 is 33.9 Å². The molecule has 0 fully saturated rings. The quantitative estimate of drug-likeness (QED) is 0.299. The molecule has 30 valence electrons. The average Bonchev–Trinajstić information content (AvgIpc) is 0.811. The molecule has 0 rings (SSSR count). The van der Waals surface area contributed by atoms with E-state index in [0.717, 1.165) is 0 Å². The van der Waals surface area contributed by atoms with Gasteiger partial charge in [-0.1, -0.05) is 0 Å². The summed E-state index contributed by atoms with van der Waals surface area (Å²) in [6, 6.07) is 0. The maximum absolute atomic E-state index is 8.42. The Labute approximate surface area is 58.6 Å².